The van der Waals surface area contributed by atoms with Crippen molar-refractivity contribution in [3.8, 4) is 22.8 Å². The minimum Gasteiger partial charge on any atom is -0.496 e. The lowest BCUT2D eigenvalue weighted by molar-refractivity contribution is 0.416. The van der Waals surface area contributed by atoms with E-state index in [1.165, 1.54) is 5.56 Å². The lowest BCUT2D eigenvalue weighted by atomic mass is 9.91. The number of methoxy groups -OCH3 is 1. The predicted molar refractivity (Wildman–Crippen MR) is 160 cm³/mol. The van der Waals surface area contributed by atoms with Gasteiger partial charge in [-0.3, -0.25) is 23.8 Å². The quantitative estimate of drug-likeness (QED) is 0.313. The van der Waals surface area contributed by atoms with E-state index in [4.69, 9.17) is 19.8 Å². The van der Waals surface area contributed by atoms with Gasteiger partial charge in [0.2, 0.25) is 0 Å². The van der Waals surface area contributed by atoms with Gasteiger partial charge in [0.1, 0.15) is 11.3 Å². The molecule has 6 aromatic heterocycles. The molecule has 0 saturated carbocycles. The summed E-state index contributed by atoms with van der Waals surface area (Å²) in [6, 6.07) is 5.75. The summed E-state index contributed by atoms with van der Waals surface area (Å²) in [5, 5.41) is 10.0. The maximum absolute atomic E-state index is 13.1. The van der Waals surface area contributed by atoms with Crippen molar-refractivity contribution in [2.24, 2.45) is 21.1 Å². The van der Waals surface area contributed by atoms with Crippen LogP contribution in [0.3, 0.4) is 0 Å². The Bertz CT molecular complexity index is 2020. The number of ether oxygens (including phenoxy) is 1. The fraction of sp³-hybridized carbons (Fsp3) is 0.333. The number of hydrogen-bond acceptors (Lipinski definition) is 8. The van der Waals surface area contributed by atoms with Gasteiger partial charge >= 0.3 is 5.69 Å². The van der Waals surface area contributed by atoms with Crippen molar-refractivity contribution in [3.63, 3.8) is 0 Å². The van der Waals surface area contributed by atoms with Gasteiger partial charge in [-0.2, -0.15) is 10.2 Å². The molecule has 1 aliphatic rings. The molecule has 1 aliphatic heterocycles. The van der Waals surface area contributed by atoms with Crippen molar-refractivity contribution >= 4 is 27.8 Å². The van der Waals surface area contributed by atoms with Crippen LogP contribution in [-0.4, -0.2) is 63.8 Å². The van der Waals surface area contributed by atoms with Gasteiger partial charge < -0.3 is 9.64 Å². The lowest BCUT2D eigenvalue weighted by Gasteiger charge is -2.33. The average Bonchev–Trinajstić information content (AvgIpc) is 3.71. The second-order valence-corrected chi connectivity index (χ2v) is 10.9. The van der Waals surface area contributed by atoms with E-state index in [1.54, 1.807) is 35.7 Å². The van der Waals surface area contributed by atoms with E-state index < -0.39 is 0 Å². The minimum absolute atomic E-state index is 0.0910. The van der Waals surface area contributed by atoms with Crippen LogP contribution in [0.4, 0.5) is 5.82 Å². The number of pyridine rings is 3. The molecule has 42 heavy (non-hydrogen) atoms. The molecule has 6 aromatic rings. The van der Waals surface area contributed by atoms with Crippen molar-refractivity contribution in [2.75, 3.05) is 25.1 Å². The predicted octanol–water partition coefficient (Wildman–Crippen LogP) is 3.50. The molecule has 0 bridgehead atoms. The summed E-state index contributed by atoms with van der Waals surface area (Å²) in [5.41, 5.74) is 6.03. The first-order valence-electron chi connectivity index (χ1n) is 14.0. The van der Waals surface area contributed by atoms with Crippen LogP contribution < -0.4 is 15.3 Å². The van der Waals surface area contributed by atoms with Gasteiger partial charge in [-0.25, -0.2) is 14.5 Å². The summed E-state index contributed by atoms with van der Waals surface area (Å²) < 4.78 is 12.6. The Labute approximate surface area is 241 Å². The number of fused-ring (bicyclic) bond motifs is 2. The van der Waals surface area contributed by atoms with E-state index in [9.17, 15) is 4.79 Å². The van der Waals surface area contributed by atoms with Crippen molar-refractivity contribution in [2.45, 2.75) is 25.7 Å². The number of anilines is 1. The Morgan fingerprint density at radius 2 is 1.76 bits per heavy atom. The fourth-order valence-electron chi connectivity index (χ4n) is 6.16. The summed E-state index contributed by atoms with van der Waals surface area (Å²) in [4.78, 5) is 29.7. The zero-order valence-corrected chi connectivity index (χ0v) is 24.3. The molecule has 0 unspecified atom stereocenters. The maximum atomic E-state index is 13.1. The standard InChI is InChI=1S/C30H32N10O2/c1-18-21-16-33-40(24(21)12-23(34-18)22-15-31-9-6-26(22)42-5)27-13-25-28(38(4)30(41)37(25)3)29(35-27)39-10-7-19(8-11-39)20-14-32-36(2)17-20/h6,9,12-17,19H,7-8,10-11H2,1-5H3. The Kier molecular flexibility index (Phi) is 6.07. The second-order valence-electron chi connectivity index (χ2n) is 10.9. The molecule has 0 spiro atoms. The zero-order valence-electron chi connectivity index (χ0n) is 24.3. The number of piperidine rings is 1. The molecule has 7 rings (SSSR count). The molecular formula is C30H32N10O2. The molecule has 0 N–H and O–H groups in total. The van der Waals surface area contributed by atoms with E-state index >= 15 is 0 Å². The van der Waals surface area contributed by atoms with Gasteiger partial charge in [0, 0.05) is 70.0 Å². The molecule has 0 amide bonds. The monoisotopic (exact) mass is 564 g/mol. The van der Waals surface area contributed by atoms with Crippen LogP contribution in [0.2, 0.25) is 0 Å². The number of hydrogen-bond donors (Lipinski definition) is 0. The van der Waals surface area contributed by atoms with Gasteiger partial charge in [0.05, 0.1) is 41.8 Å². The zero-order chi connectivity index (χ0) is 29.1. The van der Waals surface area contributed by atoms with E-state index in [0.717, 1.165) is 70.6 Å². The van der Waals surface area contributed by atoms with Crippen LogP contribution in [0, 0.1) is 6.92 Å². The molecule has 12 heteroatoms. The van der Waals surface area contributed by atoms with E-state index in [2.05, 4.69) is 21.2 Å². The van der Waals surface area contributed by atoms with Crippen LogP contribution in [0.1, 0.15) is 30.0 Å². The molecule has 0 aromatic carbocycles. The molecule has 1 saturated heterocycles. The minimum atomic E-state index is -0.0910. The highest BCUT2D eigenvalue weighted by atomic mass is 16.5. The lowest BCUT2D eigenvalue weighted by Crippen LogP contribution is -2.34. The highest BCUT2D eigenvalue weighted by Crippen LogP contribution is 2.35. The summed E-state index contributed by atoms with van der Waals surface area (Å²) in [5.74, 6) is 2.56. The molecule has 214 valence electrons. The highest BCUT2D eigenvalue weighted by molar-refractivity contribution is 5.91. The number of nitrogens with zero attached hydrogens (tertiary/aromatic N) is 10. The Balaban J connectivity index is 1.36. The van der Waals surface area contributed by atoms with Crippen molar-refractivity contribution in [1.29, 1.82) is 0 Å². The first kappa shape index (κ1) is 25.9. The van der Waals surface area contributed by atoms with Crippen molar-refractivity contribution < 1.29 is 4.74 Å². The fourth-order valence-corrected chi connectivity index (χ4v) is 6.16. The van der Waals surface area contributed by atoms with Crippen LogP contribution in [0.15, 0.2) is 54.0 Å². The van der Waals surface area contributed by atoms with Crippen LogP contribution in [-0.2, 0) is 21.1 Å². The Hall–Kier alpha value is -5.00. The topological polar surface area (TPSA) is 114 Å². The summed E-state index contributed by atoms with van der Waals surface area (Å²) in [6.45, 7) is 3.61. The summed E-state index contributed by atoms with van der Waals surface area (Å²) in [7, 11) is 7.20. The number of aryl methyl sites for hydroxylation is 4. The van der Waals surface area contributed by atoms with E-state index in [1.807, 2.05) is 61.0 Å². The number of imidazole rings is 1. The van der Waals surface area contributed by atoms with Gasteiger partial charge in [0.25, 0.3) is 0 Å². The maximum Gasteiger partial charge on any atom is 0.328 e. The molecule has 0 atom stereocenters. The Morgan fingerprint density at radius 3 is 2.50 bits per heavy atom. The smallest absolute Gasteiger partial charge is 0.328 e. The first-order chi connectivity index (χ1) is 20.3. The van der Waals surface area contributed by atoms with Crippen LogP contribution in [0.25, 0.3) is 39.0 Å². The summed E-state index contributed by atoms with van der Waals surface area (Å²) in [6.07, 6.45) is 11.3. The average molecular weight is 565 g/mol. The molecule has 0 radical (unpaired) electrons. The third kappa shape index (κ3) is 4.05. The third-order valence-electron chi connectivity index (χ3n) is 8.45. The van der Waals surface area contributed by atoms with Gasteiger partial charge in [-0.15, -0.1) is 0 Å². The van der Waals surface area contributed by atoms with Crippen LogP contribution >= 0.6 is 0 Å². The van der Waals surface area contributed by atoms with E-state index in [-0.39, 0.29) is 5.69 Å². The largest absolute Gasteiger partial charge is 0.496 e. The second kappa shape index (κ2) is 9.82. The number of rotatable bonds is 5. The molecular weight excluding hydrogens is 532 g/mol. The van der Waals surface area contributed by atoms with Gasteiger partial charge in [0.15, 0.2) is 11.6 Å². The summed E-state index contributed by atoms with van der Waals surface area (Å²) >= 11 is 0. The molecule has 12 nitrogen and oxygen atoms in total. The number of aromatic nitrogens is 9. The van der Waals surface area contributed by atoms with Crippen molar-refractivity contribution in [3.05, 3.63) is 70.9 Å². The van der Waals surface area contributed by atoms with Crippen molar-refractivity contribution in [1.82, 2.24) is 43.6 Å². The normalized spacial score (nSPS) is 14.4. The highest BCUT2D eigenvalue weighted by Gasteiger charge is 2.27. The third-order valence-corrected chi connectivity index (χ3v) is 8.45. The van der Waals surface area contributed by atoms with E-state index in [0.29, 0.717) is 17.5 Å². The van der Waals surface area contributed by atoms with Gasteiger partial charge in [-0.05, 0) is 43.4 Å². The molecule has 1 fully saturated rings. The SMILES string of the molecule is COc1ccncc1-c1cc2c(cnn2-c2cc3c(c(N4CCC(c5cnn(C)c5)CC4)n2)n(C)c(=O)n3C)c(C)n1. The van der Waals surface area contributed by atoms with Crippen LogP contribution in [0.5, 0.6) is 5.75 Å². The van der Waals surface area contributed by atoms with Gasteiger partial charge in [-0.1, -0.05) is 0 Å². The molecule has 0 aliphatic carbocycles. The molecule has 7 heterocycles. The first-order valence-corrected chi connectivity index (χ1v) is 14.0. The Morgan fingerprint density at radius 1 is 0.952 bits per heavy atom.